The van der Waals surface area contributed by atoms with Crippen LogP contribution >= 0.6 is 0 Å². The molecule has 0 saturated carbocycles. The van der Waals surface area contributed by atoms with Crippen molar-refractivity contribution in [3.63, 3.8) is 0 Å². The number of para-hydroxylation sites is 1. The average molecular weight is 278 g/mol. The molecule has 1 fully saturated rings. The van der Waals surface area contributed by atoms with E-state index in [1.165, 1.54) is 38.0 Å². The molecule has 0 aromatic heterocycles. The first-order valence-corrected chi connectivity index (χ1v) is 8.03. The molecule has 0 radical (unpaired) electrons. The van der Waals surface area contributed by atoms with Gasteiger partial charge in [-0.05, 0) is 42.5 Å². The first-order chi connectivity index (χ1) is 10.4. The molecule has 2 aliphatic rings. The van der Waals surface area contributed by atoms with E-state index in [1.807, 2.05) is 0 Å². The van der Waals surface area contributed by atoms with Gasteiger partial charge in [-0.15, -0.1) is 0 Å². The van der Waals surface area contributed by atoms with Crippen LogP contribution in [0.25, 0.3) is 0 Å². The molecule has 1 saturated heterocycles. The zero-order chi connectivity index (χ0) is 14.1. The maximum atomic E-state index is 3.72. The summed E-state index contributed by atoms with van der Waals surface area (Å²) in [7, 11) is 0. The molecule has 21 heavy (non-hydrogen) atoms. The molecule has 2 heteroatoms. The Morgan fingerprint density at radius 3 is 2.62 bits per heavy atom. The Balaban J connectivity index is 1.53. The van der Waals surface area contributed by atoms with E-state index in [4.69, 9.17) is 0 Å². The second kappa shape index (κ2) is 5.53. The van der Waals surface area contributed by atoms with Crippen molar-refractivity contribution >= 4 is 5.69 Å². The van der Waals surface area contributed by atoms with Crippen LogP contribution < -0.4 is 5.32 Å². The van der Waals surface area contributed by atoms with Crippen molar-refractivity contribution < 1.29 is 0 Å². The fourth-order valence-corrected chi connectivity index (χ4v) is 3.86. The van der Waals surface area contributed by atoms with Crippen molar-refractivity contribution in [3.8, 4) is 0 Å². The van der Waals surface area contributed by atoms with Gasteiger partial charge in [0.25, 0.3) is 0 Å². The van der Waals surface area contributed by atoms with E-state index in [0.29, 0.717) is 12.1 Å². The summed E-state index contributed by atoms with van der Waals surface area (Å²) in [5, 5.41) is 3.72. The molecule has 2 unspecified atom stereocenters. The van der Waals surface area contributed by atoms with Gasteiger partial charge in [0.15, 0.2) is 0 Å². The van der Waals surface area contributed by atoms with Crippen LogP contribution in [0.5, 0.6) is 0 Å². The number of nitrogens with zero attached hydrogens (tertiary/aromatic N) is 1. The summed E-state index contributed by atoms with van der Waals surface area (Å²) in [4.78, 5) is 2.67. The van der Waals surface area contributed by atoms with E-state index >= 15 is 0 Å². The van der Waals surface area contributed by atoms with Gasteiger partial charge in [0.05, 0.1) is 0 Å². The van der Waals surface area contributed by atoms with E-state index in [-0.39, 0.29) is 0 Å². The summed E-state index contributed by atoms with van der Waals surface area (Å²) in [6, 6.07) is 20.8. The van der Waals surface area contributed by atoms with Crippen molar-refractivity contribution in [2.75, 3.05) is 18.4 Å². The number of benzene rings is 2. The minimum atomic E-state index is 0.583. The summed E-state index contributed by atoms with van der Waals surface area (Å²) in [6.45, 7) is 2.43. The van der Waals surface area contributed by atoms with Gasteiger partial charge in [-0.25, -0.2) is 0 Å². The Morgan fingerprint density at radius 2 is 1.71 bits per heavy atom. The first kappa shape index (κ1) is 12.9. The summed E-state index contributed by atoms with van der Waals surface area (Å²) in [5.41, 5.74) is 4.36. The molecule has 0 bridgehead atoms. The summed E-state index contributed by atoms with van der Waals surface area (Å²) in [5.74, 6) is 0. The highest BCUT2D eigenvalue weighted by atomic mass is 15.2. The fourth-order valence-electron chi connectivity index (χ4n) is 3.86. The molecule has 2 aromatic rings. The van der Waals surface area contributed by atoms with Crippen molar-refractivity contribution in [1.29, 1.82) is 0 Å². The van der Waals surface area contributed by atoms with Crippen LogP contribution in [0.3, 0.4) is 0 Å². The Labute approximate surface area is 126 Å². The molecule has 0 spiro atoms. The summed E-state index contributed by atoms with van der Waals surface area (Å²) >= 11 is 0. The van der Waals surface area contributed by atoms with Crippen molar-refractivity contribution in [1.82, 2.24) is 4.90 Å². The van der Waals surface area contributed by atoms with Gasteiger partial charge in [-0.3, -0.25) is 4.90 Å². The van der Waals surface area contributed by atoms with Gasteiger partial charge in [0.2, 0.25) is 0 Å². The van der Waals surface area contributed by atoms with E-state index in [0.717, 1.165) is 0 Å². The molecular formula is C19H22N2. The molecule has 0 aliphatic carbocycles. The molecule has 2 aromatic carbocycles. The normalized spacial score (nSPS) is 25.0. The fraction of sp³-hybridized carbons (Fsp3) is 0.368. The highest BCUT2D eigenvalue weighted by Gasteiger charge is 2.33. The smallest absolute Gasteiger partial charge is 0.0370 e. The maximum Gasteiger partial charge on any atom is 0.0370 e. The van der Waals surface area contributed by atoms with Gasteiger partial charge in [0, 0.05) is 30.9 Å². The van der Waals surface area contributed by atoms with Crippen molar-refractivity contribution in [2.45, 2.75) is 31.3 Å². The van der Waals surface area contributed by atoms with Crippen LogP contribution in [-0.4, -0.2) is 24.0 Å². The number of hydrogen-bond donors (Lipinski definition) is 1. The molecule has 2 aliphatic heterocycles. The molecule has 1 N–H and O–H groups in total. The number of nitrogens with one attached hydrogen (secondary N) is 1. The van der Waals surface area contributed by atoms with E-state index < -0.39 is 0 Å². The van der Waals surface area contributed by atoms with Crippen LogP contribution in [0.15, 0.2) is 54.6 Å². The minimum Gasteiger partial charge on any atom is -0.382 e. The van der Waals surface area contributed by atoms with Crippen LogP contribution in [0, 0.1) is 0 Å². The highest BCUT2D eigenvalue weighted by molar-refractivity contribution is 5.44. The Morgan fingerprint density at radius 1 is 0.905 bits per heavy atom. The second-order valence-electron chi connectivity index (χ2n) is 6.23. The van der Waals surface area contributed by atoms with Crippen molar-refractivity contribution in [3.05, 3.63) is 65.7 Å². The molecule has 0 amide bonds. The number of hydrogen-bond acceptors (Lipinski definition) is 2. The third-order valence-corrected chi connectivity index (χ3v) is 4.94. The van der Waals surface area contributed by atoms with Crippen LogP contribution in [0.1, 0.15) is 30.0 Å². The van der Waals surface area contributed by atoms with Gasteiger partial charge < -0.3 is 5.32 Å². The van der Waals surface area contributed by atoms with Gasteiger partial charge in [-0.1, -0.05) is 42.5 Å². The Bertz CT molecular complexity index is 608. The third kappa shape index (κ3) is 2.56. The quantitative estimate of drug-likeness (QED) is 0.897. The van der Waals surface area contributed by atoms with Gasteiger partial charge in [0.1, 0.15) is 0 Å². The molecule has 108 valence electrons. The molecular weight excluding hydrogens is 256 g/mol. The predicted molar refractivity (Wildman–Crippen MR) is 87.5 cm³/mol. The number of anilines is 1. The third-order valence-electron chi connectivity index (χ3n) is 4.94. The molecule has 2 atom stereocenters. The number of piperidine rings is 1. The van der Waals surface area contributed by atoms with Gasteiger partial charge >= 0.3 is 0 Å². The summed E-state index contributed by atoms with van der Waals surface area (Å²) in [6.07, 6.45) is 3.67. The van der Waals surface area contributed by atoms with Crippen molar-refractivity contribution in [2.24, 2.45) is 0 Å². The van der Waals surface area contributed by atoms with Crippen LogP contribution in [0.2, 0.25) is 0 Å². The highest BCUT2D eigenvalue weighted by Crippen LogP contribution is 2.37. The minimum absolute atomic E-state index is 0.583. The lowest BCUT2D eigenvalue weighted by molar-refractivity contribution is 0.131. The second-order valence-corrected chi connectivity index (χ2v) is 6.23. The Kier molecular flexibility index (Phi) is 3.40. The zero-order valence-corrected chi connectivity index (χ0v) is 12.3. The largest absolute Gasteiger partial charge is 0.382 e. The summed E-state index contributed by atoms with van der Waals surface area (Å²) < 4.78 is 0. The first-order valence-electron chi connectivity index (χ1n) is 8.03. The lowest BCUT2D eigenvalue weighted by Crippen LogP contribution is -2.44. The van der Waals surface area contributed by atoms with E-state index in [1.54, 1.807) is 11.1 Å². The number of rotatable bonds is 2. The standard InChI is InChI=1S/C19H22N2/c1-2-7-16(8-3-1)20-17-11-13-21-12-10-15-6-4-5-9-18(15)19(21)14-17/h1-9,17,19-20H,10-14H2. The van der Waals surface area contributed by atoms with Gasteiger partial charge in [-0.2, -0.15) is 0 Å². The van der Waals surface area contributed by atoms with E-state index in [9.17, 15) is 0 Å². The maximum absolute atomic E-state index is 3.72. The Hall–Kier alpha value is -1.80. The van der Waals surface area contributed by atoms with Crippen LogP contribution in [0.4, 0.5) is 5.69 Å². The topological polar surface area (TPSA) is 15.3 Å². The average Bonchev–Trinajstić information content (AvgIpc) is 2.56. The van der Waals surface area contributed by atoms with E-state index in [2.05, 4.69) is 64.8 Å². The SMILES string of the molecule is c1ccc(NC2CCN3CCc4ccccc4C3C2)cc1. The molecule has 2 nitrogen and oxygen atoms in total. The number of fused-ring (bicyclic) bond motifs is 3. The lowest BCUT2D eigenvalue weighted by Gasteiger charge is -2.43. The zero-order valence-electron chi connectivity index (χ0n) is 12.3. The molecule has 2 heterocycles. The monoisotopic (exact) mass is 278 g/mol. The predicted octanol–water partition coefficient (Wildman–Crippen LogP) is 3.86. The molecule has 4 rings (SSSR count). The lowest BCUT2D eigenvalue weighted by atomic mass is 9.85. The van der Waals surface area contributed by atoms with Crippen LogP contribution in [-0.2, 0) is 6.42 Å².